The number of likely N-dealkylation sites (tertiary alicyclic amines) is 1. The molecule has 1 N–H and O–H groups in total. The monoisotopic (exact) mass is 309 g/mol. The lowest BCUT2D eigenvalue weighted by molar-refractivity contribution is 0.102. The lowest BCUT2D eigenvalue weighted by atomic mass is 9.99. The zero-order chi connectivity index (χ0) is 16.1. The van der Waals surface area contributed by atoms with Crippen molar-refractivity contribution >= 4 is 11.6 Å². The van der Waals surface area contributed by atoms with Gasteiger partial charge in [-0.2, -0.15) is 0 Å². The molecule has 120 valence electrons. The fourth-order valence-electron chi connectivity index (χ4n) is 3.09. The van der Waals surface area contributed by atoms with Gasteiger partial charge in [0.15, 0.2) is 0 Å². The van der Waals surface area contributed by atoms with Crippen LogP contribution in [0.2, 0.25) is 0 Å². The number of hydrogen-bond acceptors (Lipinski definition) is 3. The molecule has 1 amide bonds. The maximum atomic E-state index is 12.2. The first-order valence-corrected chi connectivity index (χ1v) is 8.23. The van der Waals surface area contributed by atoms with Crippen molar-refractivity contribution in [3.8, 4) is 0 Å². The fraction of sp³-hybridized carbons (Fsp3) is 0.368. The van der Waals surface area contributed by atoms with Gasteiger partial charge in [-0.15, -0.1) is 0 Å². The van der Waals surface area contributed by atoms with Gasteiger partial charge < -0.3 is 5.32 Å². The van der Waals surface area contributed by atoms with Gasteiger partial charge in [0.1, 0.15) is 0 Å². The molecule has 4 heteroatoms. The molecule has 0 unspecified atom stereocenters. The first-order chi connectivity index (χ1) is 11.2. The van der Waals surface area contributed by atoms with Crippen LogP contribution in [0, 0.1) is 5.92 Å². The Balaban J connectivity index is 1.59. The van der Waals surface area contributed by atoms with Crippen LogP contribution in [0.4, 0.5) is 5.69 Å². The molecule has 0 aliphatic carbocycles. The molecule has 1 atom stereocenters. The van der Waals surface area contributed by atoms with Crippen LogP contribution >= 0.6 is 0 Å². The quantitative estimate of drug-likeness (QED) is 0.939. The predicted molar refractivity (Wildman–Crippen MR) is 92.3 cm³/mol. The van der Waals surface area contributed by atoms with Gasteiger partial charge >= 0.3 is 0 Å². The van der Waals surface area contributed by atoms with Crippen LogP contribution in [0.25, 0.3) is 0 Å². The molecular weight excluding hydrogens is 286 g/mol. The summed E-state index contributed by atoms with van der Waals surface area (Å²) in [7, 11) is 0. The Morgan fingerprint density at radius 2 is 2.13 bits per heavy atom. The number of piperidine rings is 1. The van der Waals surface area contributed by atoms with E-state index in [1.54, 1.807) is 18.5 Å². The Kier molecular flexibility index (Phi) is 5.03. The summed E-state index contributed by atoms with van der Waals surface area (Å²) in [5.74, 6) is 0.685. The number of rotatable bonds is 4. The molecule has 1 aromatic heterocycles. The minimum Gasteiger partial charge on any atom is -0.321 e. The second kappa shape index (κ2) is 7.38. The van der Waals surface area contributed by atoms with E-state index in [4.69, 9.17) is 0 Å². The van der Waals surface area contributed by atoms with Crippen molar-refractivity contribution in [2.24, 2.45) is 5.92 Å². The van der Waals surface area contributed by atoms with Gasteiger partial charge in [0, 0.05) is 24.8 Å². The first kappa shape index (κ1) is 15.7. The van der Waals surface area contributed by atoms with E-state index in [9.17, 15) is 4.79 Å². The van der Waals surface area contributed by atoms with Crippen molar-refractivity contribution < 1.29 is 4.79 Å². The topological polar surface area (TPSA) is 45.2 Å². The van der Waals surface area contributed by atoms with E-state index in [2.05, 4.69) is 34.3 Å². The number of nitrogens with one attached hydrogen (secondary N) is 1. The summed E-state index contributed by atoms with van der Waals surface area (Å²) >= 11 is 0. The third-order valence-electron chi connectivity index (χ3n) is 4.28. The Labute approximate surface area is 137 Å². The van der Waals surface area contributed by atoms with Crippen LogP contribution in [-0.2, 0) is 6.54 Å². The van der Waals surface area contributed by atoms with E-state index in [1.807, 2.05) is 18.2 Å². The molecule has 2 aromatic rings. The molecule has 1 aromatic carbocycles. The molecule has 23 heavy (non-hydrogen) atoms. The van der Waals surface area contributed by atoms with Crippen LogP contribution < -0.4 is 5.32 Å². The van der Waals surface area contributed by atoms with Gasteiger partial charge in [0.05, 0.1) is 11.9 Å². The van der Waals surface area contributed by atoms with Gasteiger partial charge in [0.25, 0.3) is 5.91 Å². The summed E-state index contributed by atoms with van der Waals surface area (Å²) in [6.45, 7) is 5.63. The second-order valence-electron chi connectivity index (χ2n) is 6.38. The maximum absolute atomic E-state index is 12.2. The predicted octanol–water partition coefficient (Wildman–Crippen LogP) is 3.57. The first-order valence-electron chi connectivity index (χ1n) is 8.23. The number of amides is 1. The van der Waals surface area contributed by atoms with E-state index >= 15 is 0 Å². The average molecular weight is 309 g/mol. The molecular formula is C19H23N3O. The van der Waals surface area contributed by atoms with Gasteiger partial charge in [-0.25, -0.2) is 0 Å². The third-order valence-corrected chi connectivity index (χ3v) is 4.28. The smallest absolute Gasteiger partial charge is 0.255 e. The molecule has 0 saturated carbocycles. The Morgan fingerprint density at radius 3 is 2.83 bits per heavy atom. The minimum absolute atomic E-state index is 0.101. The lowest BCUT2D eigenvalue weighted by Crippen LogP contribution is -2.33. The van der Waals surface area contributed by atoms with E-state index in [0.29, 0.717) is 11.3 Å². The molecule has 0 bridgehead atoms. The van der Waals surface area contributed by atoms with Crippen LogP contribution in [0.15, 0.2) is 48.8 Å². The molecule has 1 aliphatic heterocycles. The van der Waals surface area contributed by atoms with E-state index in [-0.39, 0.29) is 5.91 Å². The van der Waals surface area contributed by atoms with Crippen LogP contribution in [-0.4, -0.2) is 28.9 Å². The molecule has 1 fully saturated rings. The highest BCUT2D eigenvalue weighted by Crippen LogP contribution is 2.18. The number of aromatic nitrogens is 1. The second-order valence-corrected chi connectivity index (χ2v) is 6.38. The normalized spacial score (nSPS) is 18.6. The fourth-order valence-corrected chi connectivity index (χ4v) is 3.09. The van der Waals surface area contributed by atoms with Crippen molar-refractivity contribution in [1.82, 2.24) is 9.88 Å². The highest BCUT2D eigenvalue weighted by atomic mass is 16.1. The van der Waals surface area contributed by atoms with Crippen molar-refractivity contribution in [2.75, 3.05) is 18.4 Å². The van der Waals surface area contributed by atoms with Gasteiger partial charge in [-0.1, -0.05) is 19.1 Å². The SMILES string of the molecule is C[C@@H]1CCCN(Cc2ccc(C(=O)Nc3cccnc3)cc2)C1. The largest absolute Gasteiger partial charge is 0.321 e. The zero-order valence-corrected chi connectivity index (χ0v) is 13.5. The Bertz CT molecular complexity index is 639. The Morgan fingerprint density at radius 1 is 1.30 bits per heavy atom. The van der Waals surface area contributed by atoms with Crippen LogP contribution in [0.5, 0.6) is 0 Å². The number of pyridine rings is 1. The van der Waals surface area contributed by atoms with E-state index in [1.165, 1.54) is 31.5 Å². The number of carbonyl (C=O) groups is 1. The average Bonchev–Trinajstić information content (AvgIpc) is 2.56. The van der Waals surface area contributed by atoms with E-state index in [0.717, 1.165) is 12.5 Å². The summed E-state index contributed by atoms with van der Waals surface area (Å²) in [5.41, 5.74) is 2.64. The molecule has 0 spiro atoms. The van der Waals surface area contributed by atoms with Gasteiger partial charge in [0.2, 0.25) is 0 Å². The summed E-state index contributed by atoms with van der Waals surface area (Å²) in [6, 6.07) is 11.5. The van der Waals surface area contributed by atoms with Crippen LogP contribution in [0.1, 0.15) is 35.7 Å². The third kappa shape index (κ3) is 4.39. The highest BCUT2D eigenvalue weighted by Gasteiger charge is 2.16. The Hall–Kier alpha value is -2.20. The van der Waals surface area contributed by atoms with Crippen molar-refractivity contribution in [1.29, 1.82) is 0 Å². The summed E-state index contributed by atoms with van der Waals surface area (Å²) in [6.07, 6.45) is 5.95. The molecule has 4 nitrogen and oxygen atoms in total. The number of carbonyl (C=O) groups excluding carboxylic acids is 1. The number of nitrogens with zero attached hydrogens (tertiary/aromatic N) is 2. The number of hydrogen-bond donors (Lipinski definition) is 1. The van der Waals surface area contributed by atoms with Crippen molar-refractivity contribution in [3.63, 3.8) is 0 Å². The van der Waals surface area contributed by atoms with Crippen LogP contribution in [0.3, 0.4) is 0 Å². The molecule has 1 aliphatic rings. The lowest BCUT2D eigenvalue weighted by Gasteiger charge is -2.30. The summed E-state index contributed by atoms with van der Waals surface area (Å²) in [5, 5.41) is 2.85. The standard InChI is InChI=1S/C19H23N3O/c1-15-4-3-11-22(13-15)14-16-6-8-17(9-7-16)19(23)21-18-5-2-10-20-12-18/h2,5-10,12,15H,3-4,11,13-14H2,1H3,(H,21,23)/t15-/m1/s1. The van der Waals surface area contributed by atoms with Gasteiger partial charge in [-0.05, 0) is 55.1 Å². The highest BCUT2D eigenvalue weighted by molar-refractivity contribution is 6.04. The summed E-state index contributed by atoms with van der Waals surface area (Å²) < 4.78 is 0. The van der Waals surface area contributed by atoms with Crippen molar-refractivity contribution in [2.45, 2.75) is 26.3 Å². The zero-order valence-electron chi connectivity index (χ0n) is 13.5. The number of benzene rings is 1. The molecule has 2 heterocycles. The maximum Gasteiger partial charge on any atom is 0.255 e. The van der Waals surface area contributed by atoms with Gasteiger partial charge in [-0.3, -0.25) is 14.7 Å². The molecule has 0 radical (unpaired) electrons. The minimum atomic E-state index is -0.101. The molecule has 1 saturated heterocycles. The van der Waals surface area contributed by atoms with E-state index < -0.39 is 0 Å². The molecule has 3 rings (SSSR count). The van der Waals surface area contributed by atoms with Crippen molar-refractivity contribution in [3.05, 3.63) is 59.9 Å². The number of anilines is 1. The summed E-state index contributed by atoms with van der Waals surface area (Å²) in [4.78, 5) is 18.7.